The van der Waals surface area contributed by atoms with Gasteiger partial charge in [0.15, 0.2) is 5.96 Å². The third kappa shape index (κ3) is 8.17. The molecule has 1 heterocycles. The van der Waals surface area contributed by atoms with E-state index in [2.05, 4.69) is 53.2 Å². The summed E-state index contributed by atoms with van der Waals surface area (Å²) in [6, 6.07) is 2.11. The molecule has 0 aliphatic carbocycles. The molecule has 0 radical (unpaired) electrons. The maximum absolute atomic E-state index is 5.56. The minimum Gasteiger partial charge on any atom is -0.381 e. The fourth-order valence-electron chi connectivity index (χ4n) is 1.59. The van der Waals surface area contributed by atoms with Crippen molar-refractivity contribution in [1.29, 1.82) is 0 Å². The Hall–Kier alpha value is -1.07. The van der Waals surface area contributed by atoms with Crippen LogP contribution in [-0.4, -0.2) is 32.3 Å². The van der Waals surface area contributed by atoms with Crippen molar-refractivity contribution in [3.05, 3.63) is 22.4 Å². The third-order valence-electron chi connectivity index (χ3n) is 2.55. The van der Waals surface area contributed by atoms with Crippen molar-refractivity contribution in [2.75, 3.05) is 26.3 Å². The van der Waals surface area contributed by atoms with Crippen LogP contribution >= 0.6 is 11.3 Å². The van der Waals surface area contributed by atoms with E-state index >= 15 is 0 Å². The molecule has 1 aromatic heterocycles. The Labute approximate surface area is 126 Å². The fourth-order valence-corrected chi connectivity index (χ4v) is 2.25. The van der Waals surface area contributed by atoms with Crippen LogP contribution in [0.15, 0.2) is 21.8 Å². The molecule has 0 aliphatic rings. The van der Waals surface area contributed by atoms with Crippen molar-refractivity contribution in [2.45, 2.75) is 33.7 Å². The zero-order valence-corrected chi connectivity index (χ0v) is 13.6. The Morgan fingerprint density at radius 2 is 2.25 bits per heavy atom. The van der Waals surface area contributed by atoms with Crippen molar-refractivity contribution >= 4 is 17.3 Å². The SMILES string of the molecule is CCNC(=NCc1ccsc1)NCCCOCC(C)C. The molecule has 20 heavy (non-hydrogen) atoms. The third-order valence-corrected chi connectivity index (χ3v) is 3.29. The van der Waals surface area contributed by atoms with Crippen LogP contribution in [0.1, 0.15) is 32.8 Å². The van der Waals surface area contributed by atoms with Gasteiger partial charge in [0.1, 0.15) is 0 Å². The number of aliphatic imine (C=N–C) groups is 1. The van der Waals surface area contributed by atoms with Crippen LogP contribution in [0.3, 0.4) is 0 Å². The minimum atomic E-state index is 0.604. The fraction of sp³-hybridized carbons (Fsp3) is 0.667. The summed E-state index contributed by atoms with van der Waals surface area (Å²) in [5.74, 6) is 1.48. The molecule has 1 aromatic rings. The molecule has 0 unspecified atom stereocenters. The summed E-state index contributed by atoms with van der Waals surface area (Å²) >= 11 is 1.71. The van der Waals surface area contributed by atoms with Crippen molar-refractivity contribution in [1.82, 2.24) is 10.6 Å². The minimum absolute atomic E-state index is 0.604. The molecule has 4 nitrogen and oxygen atoms in total. The topological polar surface area (TPSA) is 45.7 Å². The summed E-state index contributed by atoms with van der Waals surface area (Å²) in [5.41, 5.74) is 1.26. The smallest absolute Gasteiger partial charge is 0.191 e. The number of thiophene rings is 1. The van der Waals surface area contributed by atoms with E-state index < -0.39 is 0 Å². The van der Waals surface area contributed by atoms with Crippen LogP contribution in [0, 0.1) is 5.92 Å². The van der Waals surface area contributed by atoms with E-state index in [0.717, 1.165) is 45.2 Å². The summed E-state index contributed by atoms with van der Waals surface area (Å²) in [5, 5.41) is 10.8. The van der Waals surface area contributed by atoms with E-state index in [-0.39, 0.29) is 0 Å². The van der Waals surface area contributed by atoms with Crippen molar-refractivity contribution < 1.29 is 4.74 Å². The zero-order chi connectivity index (χ0) is 14.6. The van der Waals surface area contributed by atoms with E-state index in [1.807, 2.05) is 0 Å². The maximum Gasteiger partial charge on any atom is 0.191 e. The van der Waals surface area contributed by atoms with Crippen molar-refractivity contribution in [2.24, 2.45) is 10.9 Å². The van der Waals surface area contributed by atoms with E-state index in [1.165, 1.54) is 5.56 Å². The van der Waals surface area contributed by atoms with Gasteiger partial charge in [-0.2, -0.15) is 11.3 Å². The lowest BCUT2D eigenvalue weighted by Crippen LogP contribution is -2.38. The highest BCUT2D eigenvalue weighted by atomic mass is 32.1. The predicted molar refractivity (Wildman–Crippen MR) is 87.4 cm³/mol. The number of nitrogens with zero attached hydrogens (tertiary/aromatic N) is 1. The predicted octanol–water partition coefficient (Wildman–Crippen LogP) is 2.87. The van der Waals surface area contributed by atoms with E-state index in [0.29, 0.717) is 5.92 Å². The quantitative estimate of drug-likeness (QED) is 0.418. The standard InChI is InChI=1S/C15H27N3OS/c1-4-16-15(18-10-14-6-9-20-12-14)17-7-5-8-19-11-13(2)3/h6,9,12-13H,4-5,7-8,10-11H2,1-3H3,(H2,16,17,18). The van der Waals surface area contributed by atoms with Crippen LogP contribution in [0.4, 0.5) is 0 Å². The van der Waals surface area contributed by atoms with Gasteiger partial charge in [-0.1, -0.05) is 13.8 Å². The van der Waals surface area contributed by atoms with Gasteiger partial charge in [-0.25, -0.2) is 4.99 Å². The van der Waals surface area contributed by atoms with Gasteiger partial charge < -0.3 is 15.4 Å². The first kappa shape index (κ1) is 17.0. The average Bonchev–Trinajstić information content (AvgIpc) is 2.92. The van der Waals surface area contributed by atoms with Gasteiger partial charge in [-0.15, -0.1) is 0 Å². The Morgan fingerprint density at radius 1 is 1.40 bits per heavy atom. The molecule has 0 amide bonds. The summed E-state index contributed by atoms with van der Waals surface area (Å²) in [4.78, 5) is 4.56. The van der Waals surface area contributed by atoms with Crippen LogP contribution < -0.4 is 10.6 Å². The molecule has 0 spiro atoms. The van der Waals surface area contributed by atoms with Gasteiger partial charge >= 0.3 is 0 Å². The average molecular weight is 297 g/mol. The van der Waals surface area contributed by atoms with Gasteiger partial charge in [0, 0.05) is 26.3 Å². The molecule has 0 fully saturated rings. The summed E-state index contributed by atoms with van der Waals surface area (Å²) < 4.78 is 5.56. The lowest BCUT2D eigenvalue weighted by molar-refractivity contribution is 0.108. The highest BCUT2D eigenvalue weighted by Gasteiger charge is 1.98. The molecule has 1 rings (SSSR count). The van der Waals surface area contributed by atoms with Gasteiger partial charge in [0.05, 0.1) is 6.54 Å². The first-order chi connectivity index (χ1) is 9.72. The second-order valence-electron chi connectivity index (χ2n) is 5.08. The van der Waals surface area contributed by atoms with Crippen LogP contribution in [0.2, 0.25) is 0 Å². The number of guanidine groups is 1. The molecule has 0 atom stereocenters. The summed E-state index contributed by atoms with van der Waals surface area (Å²) in [6.07, 6.45) is 0.996. The molecule has 114 valence electrons. The Bertz CT molecular complexity index is 363. The Kier molecular flexibility index (Phi) is 9.07. The van der Waals surface area contributed by atoms with E-state index in [4.69, 9.17) is 4.74 Å². The largest absolute Gasteiger partial charge is 0.381 e. The molecule has 5 heteroatoms. The molecule has 0 aromatic carbocycles. The normalized spacial score (nSPS) is 11.9. The van der Waals surface area contributed by atoms with Gasteiger partial charge in [-0.05, 0) is 41.7 Å². The summed E-state index contributed by atoms with van der Waals surface area (Å²) in [7, 11) is 0. The Morgan fingerprint density at radius 3 is 2.90 bits per heavy atom. The van der Waals surface area contributed by atoms with Gasteiger partial charge in [0.25, 0.3) is 0 Å². The molecule has 2 N–H and O–H groups in total. The van der Waals surface area contributed by atoms with Crippen molar-refractivity contribution in [3.63, 3.8) is 0 Å². The molecule has 0 aliphatic heterocycles. The molecule has 0 saturated carbocycles. The number of hydrogen-bond donors (Lipinski definition) is 2. The number of rotatable bonds is 9. The zero-order valence-electron chi connectivity index (χ0n) is 12.8. The highest BCUT2D eigenvalue weighted by Crippen LogP contribution is 2.06. The molecule has 0 saturated heterocycles. The van der Waals surface area contributed by atoms with Crippen LogP contribution in [0.5, 0.6) is 0 Å². The Balaban J connectivity index is 2.19. The van der Waals surface area contributed by atoms with Crippen LogP contribution in [-0.2, 0) is 11.3 Å². The molecular weight excluding hydrogens is 270 g/mol. The van der Waals surface area contributed by atoms with Gasteiger partial charge in [-0.3, -0.25) is 0 Å². The molecule has 0 bridgehead atoms. The van der Waals surface area contributed by atoms with E-state index in [1.54, 1.807) is 11.3 Å². The first-order valence-corrected chi connectivity index (χ1v) is 8.27. The van der Waals surface area contributed by atoms with E-state index in [9.17, 15) is 0 Å². The monoisotopic (exact) mass is 297 g/mol. The number of hydrogen-bond acceptors (Lipinski definition) is 3. The number of ether oxygens (including phenoxy) is 1. The maximum atomic E-state index is 5.56. The second kappa shape index (κ2) is 10.7. The highest BCUT2D eigenvalue weighted by molar-refractivity contribution is 7.07. The summed E-state index contributed by atoms with van der Waals surface area (Å²) in [6.45, 7) is 10.5. The van der Waals surface area contributed by atoms with Crippen LogP contribution in [0.25, 0.3) is 0 Å². The van der Waals surface area contributed by atoms with Crippen molar-refractivity contribution in [3.8, 4) is 0 Å². The lowest BCUT2D eigenvalue weighted by Gasteiger charge is -2.11. The van der Waals surface area contributed by atoms with Gasteiger partial charge in [0.2, 0.25) is 0 Å². The molecular formula is C15H27N3OS. The first-order valence-electron chi connectivity index (χ1n) is 7.33. The second-order valence-corrected chi connectivity index (χ2v) is 5.86. The lowest BCUT2D eigenvalue weighted by atomic mass is 10.2. The number of nitrogens with one attached hydrogen (secondary N) is 2.